The summed E-state index contributed by atoms with van der Waals surface area (Å²) in [4.78, 5) is 3.68. The summed E-state index contributed by atoms with van der Waals surface area (Å²) in [7, 11) is 0. The maximum absolute atomic E-state index is 5.98. The normalized spacial score (nSPS) is 17.2. The number of piperazine rings is 1. The van der Waals surface area contributed by atoms with Gasteiger partial charge in [-0.05, 0) is 18.2 Å². The number of nitrogens with one attached hydrogen (secondary N) is 1. The fourth-order valence-electron chi connectivity index (χ4n) is 1.82. The zero-order chi connectivity index (χ0) is 12.1. The highest BCUT2D eigenvalue weighted by Crippen LogP contribution is 2.26. The first-order valence-corrected chi connectivity index (χ1v) is 7.23. The van der Waals surface area contributed by atoms with Gasteiger partial charge in [0.2, 0.25) is 0 Å². The lowest BCUT2D eigenvalue weighted by Crippen LogP contribution is -2.44. The maximum atomic E-state index is 5.98. The minimum absolute atomic E-state index is 0.650. The zero-order valence-corrected chi connectivity index (χ0v) is 11.4. The van der Waals surface area contributed by atoms with E-state index in [-0.39, 0.29) is 0 Å². The van der Waals surface area contributed by atoms with Crippen molar-refractivity contribution in [2.45, 2.75) is 4.90 Å². The number of hydrogen-bond donors (Lipinski definition) is 2. The average molecular weight is 272 g/mol. The molecule has 0 aromatic heterocycles. The Morgan fingerprint density at radius 3 is 2.82 bits per heavy atom. The Bertz CT molecular complexity index is 367. The predicted molar refractivity (Wildman–Crippen MR) is 75.9 cm³/mol. The third kappa shape index (κ3) is 4.07. The molecule has 0 amide bonds. The van der Waals surface area contributed by atoms with Crippen LogP contribution in [0.15, 0.2) is 23.1 Å². The first-order chi connectivity index (χ1) is 8.25. The second kappa shape index (κ2) is 6.50. The van der Waals surface area contributed by atoms with E-state index in [1.807, 2.05) is 30.0 Å². The van der Waals surface area contributed by atoms with E-state index in [1.54, 1.807) is 0 Å². The van der Waals surface area contributed by atoms with E-state index in [1.165, 1.54) is 4.90 Å². The molecule has 0 bridgehead atoms. The molecule has 0 aliphatic carbocycles. The molecule has 94 valence electrons. The molecule has 1 heterocycles. The van der Waals surface area contributed by atoms with Crippen molar-refractivity contribution in [3.8, 4) is 0 Å². The van der Waals surface area contributed by atoms with Crippen LogP contribution in [0.5, 0.6) is 0 Å². The molecule has 1 aromatic rings. The van der Waals surface area contributed by atoms with Crippen molar-refractivity contribution in [1.82, 2.24) is 10.2 Å². The Morgan fingerprint density at radius 1 is 1.35 bits per heavy atom. The Hall–Kier alpha value is -0.420. The number of halogens is 1. The van der Waals surface area contributed by atoms with E-state index in [0.29, 0.717) is 10.7 Å². The van der Waals surface area contributed by atoms with Gasteiger partial charge in [-0.25, -0.2) is 0 Å². The lowest BCUT2D eigenvalue weighted by Gasteiger charge is -2.26. The maximum Gasteiger partial charge on any atom is 0.0646 e. The van der Waals surface area contributed by atoms with Gasteiger partial charge < -0.3 is 11.1 Å². The largest absolute Gasteiger partial charge is 0.398 e. The summed E-state index contributed by atoms with van der Waals surface area (Å²) in [5.74, 6) is 1.10. The van der Waals surface area contributed by atoms with Gasteiger partial charge in [0.05, 0.1) is 10.7 Å². The summed E-state index contributed by atoms with van der Waals surface area (Å²) in [5.41, 5.74) is 6.33. The molecule has 0 unspecified atom stereocenters. The molecule has 5 heteroatoms. The van der Waals surface area contributed by atoms with Gasteiger partial charge in [-0.15, -0.1) is 11.8 Å². The van der Waals surface area contributed by atoms with Crippen molar-refractivity contribution in [2.75, 3.05) is 44.2 Å². The van der Waals surface area contributed by atoms with Crippen molar-refractivity contribution in [3.05, 3.63) is 23.2 Å². The zero-order valence-electron chi connectivity index (χ0n) is 9.79. The standard InChI is InChI=1S/C12H18ClN3S/c13-11-9-10(1-2-12(11)14)17-8-7-16-5-3-15-4-6-16/h1-2,9,15H,3-8,14H2. The molecule has 1 fully saturated rings. The van der Waals surface area contributed by atoms with Crippen LogP contribution >= 0.6 is 23.4 Å². The Kier molecular flexibility index (Phi) is 4.98. The summed E-state index contributed by atoms with van der Waals surface area (Å²) in [5, 5.41) is 4.01. The highest BCUT2D eigenvalue weighted by molar-refractivity contribution is 7.99. The Balaban J connectivity index is 1.75. The van der Waals surface area contributed by atoms with Crippen LogP contribution in [-0.4, -0.2) is 43.4 Å². The highest BCUT2D eigenvalue weighted by atomic mass is 35.5. The van der Waals surface area contributed by atoms with Gasteiger partial charge in [0.25, 0.3) is 0 Å². The fourth-order valence-corrected chi connectivity index (χ4v) is 3.02. The van der Waals surface area contributed by atoms with Crippen LogP contribution in [0.3, 0.4) is 0 Å². The van der Waals surface area contributed by atoms with Crippen molar-refractivity contribution in [2.24, 2.45) is 0 Å². The van der Waals surface area contributed by atoms with Crippen LogP contribution in [-0.2, 0) is 0 Å². The number of benzene rings is 1. The summed E-state index contributed by atoms with van der Waals surface area (Å²) >= 11 is 7.82. The van der Waals surface area contributed by atoms with E-state index < -0.39 is 0 Å². The minimum Gasteiger partial charge on any atom is -0.398 e. The van der Waals surface area contributed by atoms with Crippen molar-refractivity contribution < 1.29 is 0 Å². The van der Waals surface area contributed by atoms with E-state index in [9.17, 15) is 0 Å². The van der Waals surface area contributed by atoms with E-state index in [2.05, 4.69) is 10.2 Å². The van der Waals surface area contributed by atoms with Crippen LogP contribution in [0.2, 0.25) is 5.02 Å². The summed E-state index contributed by atoms with van der Waals surface area (Å²) < 4.78 is 0. The number of nitrogens with zero attached hydrogens (tertiary/aromatic N) is 1. The third-order valence-electron chi connectivity index (χ3n) is 2.86. The van der Waals surface area contributed by atoms with Crippen LogP contribution < -0.4 is 11.1 Å². The molecule has 0 spiro atoms. The molecule has 1 aliphatic rings. The number of anilines is 1. The van der Waals surface area contributed by atoms with Gasteiger partial charge in [-0.3, -0.25) is 4.90 Å². The van der Waals surface area contributed by atoms with Gasteiger partial charge in [-0.2, -0.15) is 0 Å². The number of nitrogens with two attached hydrogens (primary N) is 1. The second-order valence-corrected chi connectivity index (χ2v) is 5.70. The molecule has 0 radical (unpaired) electrons. The molecular formula is C12H18ClN3S. The summed E-state index contributed by atoms with van der Waals surface area (Å²) in [6.45, 7) is 5.66. The Morgan fingerprint density at radius 2 is 2.12 bits per heavy atom. The summed E-state index contributed by atoms with van der Waals surface area (Å²) in [6, 6.07) is 5.85. The van der Waals surface area contributed by atoms with Crippen LogP contribution in [0.25, 0.3) is 0 Å². The molecule has 2 rings (SSSR count). The van der Waals surface area contributed by atoms with Crippen LogP contribution in [0, 0.1) is 0 Å². The molecule has 0 atom stereocenters. The molecule has 1 saturated heterocycles. The minimum atomic E-state index is 0.650. The first-order valence-electron chi connectivity index (χ1n) is 5.86. The highest BCUT2D eigenvalue weighted by Gasteiger charge is 2.08. The molecule has 3 N–H and O–H groups in total. The molecule has 0 saturated carbocycles. The average Bonchev–Trinajstić information content (AvgIpc) is 2.35. The smallest absolute Gasteiger partial charge is 0.0646 e. The van der Waals surface area contributed by atoms with Crippen LogP contribution in [0.1, 0.15) is 0 Å². The molecule has 3 nitrogen and oxygen atoms in total. The quantitative estimate of drug-likeness (QED) is 0.649. The molecule has 1 aliphatic heterocycles. The molecule has 17 heavy (non-hydrogen) atoms. The molecular weight excluding hydrogens is 254 g/mol. The van der Waals surface area contributed by atoms with E-state index in [4.69, 9.17) is 17.3 Å². The van der Waals surface area contributed by atoms with Crippen molar-refractivity contribution >= 4 is 29.1 Å². The van der Waals surface area contributed by atoms with Gasteiger partial charge in [-0.1, -0.05) is 11.6 Å². The number of nitrogen functional groups attached to an aromatic ring is 1. The SMILES string of the molecule is Nc1ccc(SCCN2CCNCC2)cc1Cl. The van der Waals surface area contributed by atoms with Crippen LogP contribution in [0.4, 0.5) is 5.69 Å². The molecule has 1 aromatic carbocycles. The van der Waals surface area contributed by atoms with E-state index >= 15 is 0 Å². The van der Waals surface area contributed by atoms with Gasteiger partial charge in [0.1, 0.15) is 0 Å². The lowest BCUT2D eigenvalue weighted by molar-refractivity contribution is 0.255. The number of rotatable bonds is 4. The summed E-state index contributed by atoms with van der Waals surface area (Å²) in [6.07, 6.45) is 0. The van der Waals surface area contributed by atoms with E-state index in [0.717, 1.165) is 38.5 Å². The third-order valence-corrected chi connectivity index (χ3v) is 4.16. The van der Waals surface area contributed by atoms with Crippen molar-refractivity contribution in [3.63, 3.8) is 0 Å². The first kappa shape index (κ1) is 13.0. The van der Waals surface area contributed by atoms with Gasteiger partial charge in [0.15, 0.2) is 0 Å². The number of thioether (sulfide) groups is 1. The fraction of sp³-hybridized carbons (Fsp3) is 0.500. The predicted octanol–water partition coefficient (Wildman–Crippen LogP) is 1.92. The van der Waals surface area contributed by atoms with Gasteiger partial charge in [0, 0.05) is 43.4 Å². The van der Waals surface area contributed by atoms with Gasteiger partial charge >= 0.3 is 0 Å². The topological polar surface area (TPSA) is 41.3 Å². The Labute approximate surface area is 112 Å². The monoisotopic (exact) mass is 271 g/mol. The number of hydrogen-bond acceptors (Lipinski definition) is 4. The second-order valence-electron chi connectivity index (χ2n) is 4.12. The lowest BCUT2D eigenvalue weighted by atomic mass is 10.3. The van der Waals surface area contributed by atoms with Crippen molar-refractivity contribution in [1.29, 1.82) is 0 Å².